The number of pyridine rings is 1. The molecule has 15 heavy (non-hydrogen) atoms. The molecule has 0 bridgehead atoms. The number of thiophene rings is 1. The molecule has 0 saturated carbocycles. The highest BCUT2D eigenvalue weighted by Gasteiger charge is 2.04. The Bertz CT molecular complexity index is 574. The molecule has 74 valence electrons. The molecule has 4 heteroatoms. The zero-order valence-corrected chi connectivity index (χ0v) is 9.71. The van der Waals surface area contributed by atoms with E-state index in [2.05, 4.69) is 11.1 Å². The van der Waals surface area contributed by atoms with Crippen molar-refractivity contribution in [3.8, 4) is 16.6 Å². The predicted molar refractivity (Wildman–Crippen MR) is 64.4 cm³/mol. The van der Waals surface area contributed by atoms with Crippen LogP contribution in [0.1, 0.15) is 11.1 Å². The van der Waals surface area contributed by atoms with Gasteiger partial charge in [-0.15, -0.1) is 11.3 Å². The van der Waals surface area contributed by atoms with Gasteiger partial charge in [0.2, 0.25) is 0 Å². The molecular formula is C11H8N2S2. The molecule has 1 N–H and O–H groups in total. The molecule has 2 nitrogen and oxygen atoms in total. The van der Waals surface area contributed by atoms with E-state index in [-0.39, 0.29) is 0 Å². The van der Waals surface area contributed by atoms with Gasteiger partial charge in [-0.1, -0.05) is 18.3 Å². The molecule has 0 aliphatic rings. The summed E-state index contributed by atoms with van der Waals surface area (Å²) in [6.07, 6.45) is 0. The predicted octanol–water partition coefficient (Wildman–Crippen LogP) is 3.65. The van der Waals surface area contributed by atoms with Crippen LogP contribution in [0.2, 0.25) is 0 Å². The van der Waals surface area contributed by atoms with Gasteiger partial charge < -0.3 is 4.98 Å². The number of aromatic nitrogens is 1. The SMILES string of the molecule is Cc1cc(-c2cccs2)[nH]c(=S)c1C#N. The standard InChI is InChI=1S/C11H8N2S2/c1-7-5-9(10-3-2-4-15-10)13-11(14)8(7)6-12/h2-5H,1H3,(H,13,14). The first-order valence-electron chi connectivity index (χ1n) is 4.40. The number of aromatic amines is 1. The Kier molecular flexibility index (Phi) is 2.67. The van der Waals surface area contributed by atoms with Gasteiger partial charge in [0.25, 0.3) is 0 Å². The van der Waals surface area contributed by atoms with E-state index in [4.69, 9.17) is 17.5 Å². The van der Waals surface area contributed by atoms with E-state index in [1.54, 1.807) is 11.3 Å². The fourth-order valence-electron chi connectivity index (χ4n) is 1.39. The van der Waals surface area contributed by atoms with E-state index >= 15 is 0 Å². The van der Waals surface area contributed by atoms with Crippen molar-refractivity contribution in [1.82, 2.24) is 4.98 Å². The van der Waals surface area contributed by atoms with Crippen LogP contribution in [0.4, 0.5) is 0 Å². The number of nitrogens with one attached hydrogen (secondary N) is 1. The van der Waals surface area contributed by atoms with Crippen LogP contribution in [-0.4, -0.2) is 4.98 Å². The van der Waals surface area contributed by atoms with Gasteiger partial charge in [0.15, 0.2) is 0 Å². The summed E-state index contributed by atoms with van der Waals surface area (Å²) in [5.41, 5.74) is 2.46. The molecule has 0 unspecified atom stereocenters. The summed E-state index contributed by atoms with van der Waals surface area (Å²) >= 11 is 6.77. The maximum absolute atomic E-state index is 8.89. The number of hydrogen-bond donors (Lipinski definition) is 1. The van der Waals surface area contributed by atoms with Crippen molar-refractivity contribution >= 4 is 23.6 Å². The number of nitriles is 1. The van der Waals surface area contributed by atoms with Crippen molar-refractivity contribution in [2.75, 3.05) is 0 Å². The van der Waals surface area contributed by atoms with Crippen LogP contribution in [-0.2, 0) is 0 Å². The monoisotopic (exact) mass is 232 g/mol. The first kappa shape index (κ1) is 10.1. The van der Waals surface area contributed by atoms with Crippen molar-refractivity contribution in [3.63, 3.8) is 0 Å². The van der Waals surface area contributed by atoms with E-state index in [1.165, 1.54) is 0 Å². The number of rotatable bonds is 1. The number of nitrogens with zero attached hydrogens (tertiary/aromatic N) is 1. The molecule has 0 aliphatic carbocycles. The molecule has 0 fully saturated rings. The highest BCUT2D eigenvalue weighted by atomic mass is 32.1. The molecule has 0 radical (unpaired) electrons. The minimum Gasteiger partial charge on any atom is -0.344 e. The van der Waals surface area contributed by atoms with E-state index in [0.717, 1.165) is 16.1 Å². The highest BCUT2D eigenvalue weighted by Crippen LogP contribution is 2.24. The van der Waals surface area contributed by atoms with E-state index in [0.29, 0.717) is 10.2 Å². The summed E-state index contributed by atoms with van der Waals surface area (Å²) < 4.78 is 0.515. The van der Waals surface area contributed by atoms with Crippen LogP contribution in [0.3, 0.4) is 0 Å². The summed E-state index contributed by atoms with van der Waals surface area (Å²) in [7, 11) is 0. The van der Waals surface area contributed by atoms with Crippen LogP contribution < -0.4 is 0 Å². The second-order valence-electron chi connectivity index (χ2n) is 3.16. The van der Waals surface area contributed by atoms with E-state index in [9.17, 15) is 0 Å². The van der Waals surface area contributed by atoms with Gasteiger partial charge >= 0.3 is 0 Å². The third kappa shape index (κ3) is 1.84. The van der Waals surface area contributed by atoms with E-state index < -0.39 is 0 Å². The Balaban J connectivity index is 2.65. The molecule has 0 spiro atoms. The molecule has 2 rings (SSSR count). The van der Waals surface area contributed by atoms with Crippen molar-refractivity contribution in [2.45, 2.75) is 6.92 Å². The topological polar surface area (TPSA) is 39.6 Å². The average Bonchev–Trinajstić information content (AvgIpc) is 2.69. The first-order chi connectivity index (χ1) is 7.22. The lowest BCUT2D eigenvalue weighted by Crippen LogP contribution is -1.90. The lowest BCUT2D eigenvalue weighted by molar-refractivity contribution is 1.24. The van der Waals surface area contributed by atoms with Crippen LogP contribution in [0, 0.1) is 22.9 Å². The normalized spacial score (nSPS) is 9.87. The van der Waals surface area contributed by atoms with Crippen molar-refractivity contribution in [3.05, 3.63) is 39.3 Å². The third-order valence-electron chi connectivity index (χ3n) is 2.13. The van der Waals surface area contributed by atoms with Gasteiger partial charge in [0.05, 0.1) is 16.1 Å². The van der Waals surface area contributed by atoms with E-state index in [1.807, 2.05) is 30.5 Å². The largest absolute Gasteiger partial charge is 0.344 e. The number of H-pyrrole nitrogens is 1. The Morgan fingerprint density at radius 3 is 2.87 bits per heavy atom. The maximum atomic E-state index is 8.89. The molecule has 2 aromatic heterocycles. The Morgan fingerprint density at radius 2 is 2.33 bits per heavy atom. The second kappa shape index (κ2) is 3.97. The number of aryl methyl sites for hydroxylation is 1. The fraction of sp³-hybridized carbons (Fsp3) is 0.0909. The fourth-order valence-corrected chi connectivity index (χ4v) is 2.41. The van der Waals surface area contributed by atoms with Gasteiger partial charge in [-0.25, -0.2) is 0 Å². The zero-order valence-electron chi connectivity index (χ0n) is 8.07. The minimum atomic E-state index is 0.515. The second-order valence-corrected chi connectivity index (χ2v) is 4.52. The first-order valence-corrected chi connectivity index (χ1v) is 5.69. The molecule has 0 amide bonds. The van der Waals surface area contributed by atoms with Gasteiger partial charge in [-0.2, -0.15) is 5.26 Å². The number of hydrogen-bond acceptors (Lipinski definition) is 3. The van der Waals surface area contributed by atoms with Gasteiger partial charge in [-0.05, 0) is 30.0 Å². The van der Waals surface area contributed by atoms with Gasteiger partial charge in [0, 0.05) is 0 Å². The summed E-state index contributed by atoms with van der Waals surface area (Å²) in [6.45, 7) is 1.90. The third-order valence-corrected chi connectivity index (χ3v) is 3.34. The summed E-state index contributed by atoms with van der Waals surface area (Å²) in [4.78, 5) is 4.21. The Hall–Kier alpha value is -1.44. The summed E-state index contributed by atoms with van der Waals surface area (Å²) in [6, 6.07) is 8.08. The molecule has 0 aromatic carbocycles. The lowest BCUT2D eigenvalue weighted by atomic mass is 10.1. The Morgan fingerprint density at radius 1 is 1.53 bits per heavy atom. The van der Waals surface area contributed by atoms with Gasteiger partial charge in [-0.3, -0.25) is 0 Å². The van der Waals surface area contributed by atoms with Gasteiger partial charge in [0.1, 0.15) is 10.7 Å². The van der Waals surface area contributed by atoms with Crippen LogP contribution >= 0.6 is 23.6 Å². The zero-order chi connectivity index (χ0) is 10.8. The average molecular weight is 232 g/mol. The van der Waals surface area contributed by atoms with Crippen LogP contribution in [0.5, 0.6) is 0 Å². The van der Waals surface area contributed by atoms with Crippen molar-refractivity contribution in [2.24, 2.45) is 0 Å². The van der Waals surface area contributed by atoms with Crippen LogP contribution in [0.25, 0.3) is 10.6 Å². The lowest BCUT2D eigenvalue weighted by Gasteiger charge is -2.02. The molecular weight excluding hydrogens is 224 g/mol. The molecule has 2 aromatic rings. The molecule has 0 atom stereocenters. The molecule has 0 saturated heterocycles. The van der Waals surface area contributed by atoms with Crippen molar-refractivity contribution in [1.29, 1.82) is 5.26 Å². The van der Waals surface area contributed by atoms with Crippen molar-refractivity contribution < 1.29 is 0 Å². The minimum absolute atomic E-state index is 0.515. The summed E-state index contributed by atoms with van der Waals surface area (Å²) in [5, 5.41) is 10.9. The molecule has 0 aliphatic heterocycles. The summed E-state index contributed by atoms with van der Waals surface area (Å²) in [5.74, 6) is 0. The van der Waals surface area contributed by atoms with Crippen LogP contribution in [0.15, 0.2) is 23.6 Å². The quantitative estimate of drug-likeness (QED) is 0.762. The maximum Gasteiger partial charge on any atom is 0.121 e. The Labute approximate surface area is 96.8 Å². The smallest absolute Gasteiger partial charge is 0.121 e. The highest BCUT2D eigenvalue weighted by molar-refractivity contribution is 7.71. The molecule has 2 heterocycles.